The van der Waals surface area contributed by atoms with Gasteiger partial charge in [-0.25, -0.2) is 19.6 Å². The average Bonchev–Trinajstić information content (AvgIpc) is 3.58. The number of pyridine rings is 1. The largest absolute Gasteiger partial charge is 0.494 e. The third kappa shape index (κ3) is 10.1. The van der Waals surface area contributed by atoms with E-state index in [0.29, 0.717) is 67.5 Å². The molecule has 4 N–H and O–H groups in total. The lowest BCUT2D eigenvalue weighted by atomic mass is 9.59. The van der Waals surface area contributed by atoms with Crippen LogP contribution in [0.1, 0.15) is 129 Å². The van der Waals surface area contributed by atoms with Crippen molar-refractivity contribution in [2.24, 2.45) is 11.8 Å². The van der Waals surface area contributed by atoms with Crippen LogP contribution in [0.4, 0.5) is 5.69 Å². The Morgan fingerprint density at radius 3 is 2.45 bits per heavy atom. The number of hydrogen-bond donors (Lipinski definition) is 4. The molecule has 1 saturated carbocycles. The molecular weight excluding hydrogens is 842 g/mol. The summed E-state index contributed by atoms with van der Waals surface area (Å²) >= 11 is 6.32. The van der Waals surface area contributed by atoms with Crippen LogP contribution in [0.25, 0.3) is 11.1 Å². The first-order valence-electron chi connectivity index (χ1n) is 22.9. The van der Waals surface area contributed by atoms with Gasteiger partial charge in [0.25, 0.3) is 0 Å². The van der Waals surface area contributed by atoms with E-state index in [0.717, 1.165) is 60.4 Å². The van der Waals surface area contributed by atoms with Gasteiger partial charge in [-0.15, -0.1) is 0 Å². The Labute approximate surface area is 385 Å². The minimum atomic E-state index is -1.19. The average molecular weight is 901 g/mol. The van der Waals surface area contributed by atoms with Crippen molar-refractivity contribution in [3.8, 4) is 22.6 Å². The minimum absolute atomic E-state index is 0.0941. The zero-order chi connectivity index (χ0) is 45.7. The number of fused-ring (bicyclic) bond motifs is 3. The topological polar surface area (TPSA) is 173 Å². The second-order valence-corrected chi connectivity index (χ2v) is 18.9. The monoisotopic (exact) mass is 899 g/mol. The molecule has 1 amide bonds. The number of aryl methyl sites for hydroxylation is 1. The molecule has 0 saturated heterocycles. The highest BCUT2D eigenvalue weighted by atomic mass is 35.5. The number of anilines is 1. The number of halogens is 1. The first-order valence-corrected chi connectivity index (χ1v) is 23.3. The standard InChI is InChI=1S/C52H58ClN5O7/c1-32(31-65-45-17-22-54-44-13-4-8-33(2)47(44)45)24-39-26-37-15-16-42(28-43(37)51(39)18-20-52(21-19-51,50(62)63)58-41-12-6-11-40(53)27-41)64-23-7-14-46(59)57-34(3)35-9-5-10-36(25-35)38-29-55-48(49(60)61)56-30-38/h5-6,9-12,15-17,22,25,27-30,32-34,39,58H,4,7-8,13-14,18-21,23-24,26,31H2,1-3H3,(H,57,59)(H,60,61)(H,62,63)/t32-,33-,34-,39+,51?,52?/m1/s1. The van der Waals surface area contributed by atoms with Crippen molar-refractivity contribution in [1.82, 2.24) is 20.3 Å². The fourth-order valence-corrected chi connectivity index (χ4v) is 10.8. The lowest BCUT2D eigenvalue weighted by Gasteiger charge is -2.47. The molecule has 2 heterocycles. The van der Waals surface area contributed by atoms with Gasteiger partial charge in [-0.1, -0.05) is 55.8 Å². The van der Waals surface area contributed by atoms with Crippen molar-refractivity contribution in [2.75, 3.05) is 18.5 Å². The molecule has 3 aromatic carbocycles. The molecule has 1 spiro atoms. The van der Waals surface area contributed by atoms with Gasteiger partial charge in [-0.3, -0.25) is 9.78 Å². The second-order valence-electron chi connectivity index (χ2n) is 18.5. The fraction of sp³-hybridized carbons (Fsp3) is 0.423. The Bertz CT molecular complexity index is 2520. The molecule has 65 heavy (non-hydrogen) atoms. The van der Waals surface area contributed by atoms with Gasteiger partial charge >= 0.3 is 11.9 Å². The number of rotatable bonds is 17. The maximum Gasteiger partial charge on any atom is 0.373 e. The number of aliphatic carboxylic acids is 1. The predicted octanol–water partition coefficient (Wildman–Crippen LogP) is 10.4. The third-order valence-corrected chi connectivity index (χ3v) is 14.3. The highest BCUT2D eigenvalue weighted by molar-refractivity contribution is 6.30. The van der Waals surface area contributed by atoms with Crippen molar-refractivity contribution in [3.05, 3.63) is 130 Å². The quantitative estimate of drug-likeness (QED) is 0.0654. The highest BCUT2D eigenvalue weighted by Crippen LogP contribution is 2.57. The number of carbonyl (C=O) groups is 3. The number of hydrogen-bond acceptors (Lipinski definition) is 9. The molecule has 0 radical (unpaired) electrons. The number of nitrogens with one attached hydrogen (secondary N) is 2. The molecule has 4 atom stereocenters. The van der Waals surface area contributed by atoms with E-state index in [1.54, 1.807) is 12.1 Å². The zero-order valence-electron chi connectivity index (χ0n) is 37.3. The Hall–Kier alpha value is -6.01. The van der Waals surface area contributed by atoms with E-state index in [4.69, 9.17) is 26.2 Å². The lowest BCUT2D eigenvalue weighted by molar-refractivity contribution is -0.144. The molecule has 2 aromatic heterocycles. The Balaban J connectivity index is 0.925. The molecule has 8 rings (SSSR count). The summed E-state index contributed by atoms with van der Waals surface area (Å²) in [5, 5.41) is 26.9. The molecule has 3 aliphatic carbocycles. The fourth-order valence-electron chi connectivity index (χ4n) is 10.6. The van der Waals surface area contributed by atoms with E-state index in [9.17, 15) is 19.5 Å². The van der Waals surface area contributed by atoms with Gasteiger partial charge in [0.1, 0.15) is 17.0 Å². The summed E-state index contributed by atoms with van der Waals surface area (Å²) in [6.45, 7) is 7.40. The summed E-state index contributed by atoms with van der Waals surface area (Å²) in [5.41, 5.74) is 6.64. The van der Waals surface area contributed by atoms with Gasteiger partial charge in [0.05, 0.1) is 19.3 Å². The van der Waals surface area contributed by atoms with Gasteiger partial charge in [-0.2, -0.15) is 0 Å². The molecule has 0 bridgehead atoms. The molecule has 0 aliphatic heterocycles. The smallest absolute Gasteiger partial charge is 0.373 e. The first kappa shape index (κ1) is 45.6. The Kier molecular flexibility index (Phi) is 13.7. The second kappa shape index (κ2) is 19.6. The number of carboxylic acids is 2. The first-order chi connectivity index (χ1) is 31.3. The Morgan fingerprint density at radius 2 is 1.69 bits per heavy atom. The maximum absolute atomic E-state index is 13.1. The van der Waals surface area contributed by atoms with Crippen LogP contribution in [0.3, 0.4) is 0 Å². The molecule has 12 nitrogen and oxygen atoms in total. The van der Waals surface area contributed by atoms with E-state index in [1.807, 2.05) is 61.7 Å². The number of nitrogens with zero attached hydrogens (tertiary/aromatic N) is 3. The van der Waals surface area contributed by atoms with Crippen LogP contribution in [-0.2, 0) is 27.8 Å². The van der Waals surface area contributed by atoms with Crippen LogP contribution in [0.2, 0.25) is 5.02 Å². The van der Waals surface area contributed by atoms with Gasteiger partial charge in [-0.05, 0) is 159 Å². The maximum atomic E-state index is 13.1. The van der Waals surface area contributed by atoms with E-state index in [-0.39, 0.29) is 41.4 Å². The summed E-state index contributed by atoms with van der Waals surface area (Å²) in [5.74, 6) is 0.252. The van der Waals surface area contributed by atoms with Crippen LogP contribution in [0.5, 0.6) is 11.5 Å². The summed E-state index contributed by atoms with van der Waals surface area (Å²) in [4.78, 5) is 49.9. The van der Waals surface area contributed by atoms with E-state index in [1.165, 1.54) is 29.1 Å². The summed E-state index contributed by atoms with van der Waals surface area (Å²) in [6.07, 6.45) is 13.0. The molecule has 340 valence electrons. The number of aromatic nitrogens is 3. The normalized spacial score (nSPS) is 22.0. The number of amides is 1. The molecule has 0 unspecified atom stereocenters. The van der Waals surface area contributed by atoms with Crippen LogP contribution in [0, 0.1) is 11.8 Å². The third-order valence-electron chi connectivity index (χ3n) is 14.0. The molecule has 3 aliphatic rings. The van der Waals surface area contributed by atoms with Crippen molar-refractivity contribution in [1.29, 1.82) is 0 Å². The van der Waals surface area contributed by atoms with E-state index >= 15 is 0 Å². The van der Waals surface area contributed by atoms with Crippen LogP contribution < -0.4 is 20.1 Å². The number of aromatic carboxylic acids is 1. The van der Waals surface area contributed by atoms with Gasteiger partial charge in [0.15, 0.2) is 0 Å². The van der Waals surface area contributed by atoms with Gasteiger partial charge < -0.3 is 30.3 Å². The number of benzene rings is 3. The summed E-state index contributed by atoms with van der Waals surface area (Å²) in [6, 6.07) is 23.0. The Morgan fingerprint density at radius 1 is 0.908 bits per heavy atom. The van der Waals surface area contributed by atoms with Crippen molar-refractivity contribution >= 4 is 35.1 Å². The molecular formula is C52H58ClN5O7. The lowest BCUT2D eigenvalue weighted by Crippen LogP contribution is -2.53. The number of carboxylic acid groups (broad SMARTS) is 2. The number of ether oxygens (including phenoxy) is 2. The summed E-state index contributed by atoms with van der Waals surface area (Å²) < 4.78 is 12.9. The van der Waals surface area contributed by atoms with Gasteiger partial charge in [0, 0.05) is 52.5 Å². The van der Waals surface area contributed by atoms with Crippen molar-refractivity contribution in [3.63, 3.8) is 0 Å². The van der Waals surface area contributed by atoms with E-state index in [2.05, 4.69) is 51.6 Å². The van der Waals surface area contributed by atoms with Crippen LogP contribution >= 0.6 is 11.6 Å². The summed E-state index contributed by atoms with van der Waals surface area (Å²) in [7, 11) is 0. The minimum Gasteiger partial charge on any atom is -0.494 e. The number of carbonyl (C=O) groups excluding carboxylic acids is 1. The molecule has 1 fully saturated rings. The predicted molar refractivity (Wildman–Crippen MR) is 250 cm³/mol. The van der Waals surface area contributed by atoms with Crippen molar-refractivity contribution < 1.29 is 34.1 Å². The molecule has 5 aromatic rings. The molecule has 13 heteroatoms. The zero-order valence-corrected chi connectivity index (χ0v) is 38.1. The van der Waals surface area contributed by atoms with Crippen molar-refractivity contribution in [2.45, 2.75) is 114 Å². The SMILES string of the molecule is C[C@@H](COc1ccnc2c1[C@H](C)CCC2)C[C@H]1Cc2ccc(OCCCC(=O)N[C@H](C)c3cccc(-c4cnc(C(=O)O)nc4)c3)cc2C12CCC(Nc1cccc(Cl)c1)(C(=O)O)CC2. The van der Waals surface area contributed by atoms with Crippen LogP contribution in [0.15, 0.2) is 91.4 Å². The van der Waals surface area contributed by atoms with Crippen LogP contribution in [-0.4, -0.2) is 61.8 Å². The highest BCUT2D eigenvalue weighted by Gasteiger charge is 2.54. The van der Waals surface area contributed by atoms with E-state index < -0.39 is 17.5 Å². The van der Waals surface area contributed by atoms with Gasteiger partial charge in [0.2, 0.25) is 11.7 Å².